The monoisotopic (exact) mass is 437 g/mol. The first kappa shape index (κ1) is 24.8. The second kappa shape index (κ2) is 13.0. The van der Waals surface area contributed by atoms with Crippen LogP contribution >= 0.6 is 0 Å². The molecule has 2 rings (SSSR count). The average molecular weight is 437 g/mol. The lowest BCUT2D eigenvalue weighted by Gasteiger charge is -2.14. The number of nitrogens with one attached hydrogen (secondary N) is 2. The minimum absolute atomic E-state index is 0.0803. The summed E-state index contributed by atoms with van der Waals surface area (Å²) in [6, 6.07) is 12.7. The quantitative estimate of drug-likeness (QED) is 0.275. The van der Waals surface area contributed by atoms with E-state index < -0.39 is 24.3 Å². The molecule has 0 radical (unpaired) electrons. The number of carbonyl (C=O) groups excluding carboxylic acids is 3. The molecule has 168 valence electrons. The zero-order valence-electron chi connectivity index (χ0n) is 17.6. The van der Waals surface area contributed by atoms with Crippen molar-refractivity contribution >= 4 is 23.3 Å². The molecule has 8 heteroatoms. The predicted octanol–water partition coefficient (Wildman–Crippen LogP) is 0.806. The average Bonchev–Trinajstić information content (AvgIpc) is 2.82. The van der Waals surface area contributed by atoms with Crippen LogP contribution in [-0.4, -0.2) is 53.6 Å². The maximum Gasteiger partial charge on any atom is 0.251 e. The molecule has 0 aliphatic heterocycles. The van der Waals surface area contributed by atoms with Crippen molar-refractivity contribution < 1.29 is 24.6 Å². The van der Waals surface area contributed by atoms with Crippen LogP contribution in [0.25, 0.3) is 0 Å². The highest BCUT2D eigenvalue weighted by Crippen LogP contribution is 2.11. The van der Waals surface area contributed by atoms with Gasteiger partial charge in [-0.05, 0) is 61.4 Å². The lowest BCUT2D eigenvalue weighted by atomic mass is 10.1. The molecule has 0 aliphatic rings. The summed E-state index contributed by atoms with van der Waals surface area (Å²) in [5.41, 5.74) is 7.94. The van der Waals surface area contributed by atoms with Crippen molar-refractivity contribution in [3.63, 3.8) is 0 Å². The number of carbonyl (C=O) groups is 3. The standard InChI is InChI=1S/C24H27N3O5/c25-15-21(22(30)16-29)27-24(32)19-10-6-17(7-11-19)4-5-18-8-12-20(13-9-18)26-23(31)3-1-2-14-28/h6-13,21,28-29H,1-3,14-16,25H2,(H,26,31)(H,27,32)/t21-/m0/s1. The third-order valence-electron chi connectivity index (χ3n) is 4.56. The van der Waals surface area contributed by atoms with Crippen LogP contribution in [-0.2, 0) is 9.59 Å². The molecule has 32 heavy (non-hydrogen) atoms. The van der Waals surface area contributed by atoms with Crippen molar-refractivity contribution in [3.8, 4) is 11.8 Å². The van der Waals surface area contributed by atoms with Gasteiger partial charge < -0.3 is 26.6 Å². The Morgan fingerprint density at radius 2 is 1.50 bits per heavy atom. The van der Waals surface area contributed by atoms with Gasteiger partial charge in [0.25, 0.3) is 5.91 Å². The van der Waals surface area contributed by atoms with Gasteiger partial charge >= 0.3 is 0 Å². The molecular formula is C24H27N3O5. The summed E-state index contributed by atoms with van der Waals surface area (Å²) in [7, 11) is 0. The fraction of sp³-hybridized carbons (Fsp3) is 0.292. The van der Waals surface area contributed by atoms with Crippen LogP contribution in [0, 0.1) is 11.8 Å². The number of ketones is 1. The van der Waals surface area contributed by atoms with Crippen LogP contribution in [0.1, 0.15) is 40.7 Å². The van der Waals surface area contributed by atoms with Crippen molar-refractivity contribution in [3.05, 3.63) is 65.2 Å². The van der Waals surface area contributed by atoms with Crippen LogP contribution < -0.4 is 16.4 Å². The van der Waals surface area contributed by atoms with E-state index in [1.807, 2.05) is 0 Å². The second-order valence-corrected chi connectivity index (χ2v) is 7.02. The summed E-state index contributed by atoms with van der Waals surface area (Å²) in [4.78, 5) is 35.5. The summed E-state index contributed by atoms with van der Waals surface area (Å²) < 4.78 is 0. The van der Waals surface area contributed by atoms with Crippen LogP contribution in [0.5, 0.6) is 0 Å². The first-order chi connectivity index (χ1) is 15.5. The molecule has 0 heterocycles. The van der Waals surface area contributed by atoms with E-state index in [0.29, 0.717) is 36.1 Å². The number of amides is 2. The van der Waals surface area contributed by atoms with Gasteiger partial charge in [-0.3, -0.25) is 14.4 Å². The van der Waals surface area contributed by atoms with E-state index in [2.05, 4.69) is 22.5 Å². The molecule has 0 aromatic heterocycles. The maximum atomic E-state index is 12.2. The van der Waals surface area contributed by atoms with Crippen molar-refractivity contribution in [2.24, 2.45) is 5.73 Å². The number of aliphatic hydroxyl groups excluding tert-OH is 2. The van der Waals surface area contributed by atoms with E-state index in [0.717, 1.165) is 5.56 Å². The van der Waals surface area contributed by atoms with Crippen LogP contribution in [0.2, 0.25) is 0 Å². The highest BCUT2D eigenvalue weighted by Gasteiger charge is 2.18. The highest BCUT2D eigenvalue weighted by atomic mass is 16.3. The zero-order valence-corrected chi connectivity index (χ0v) is 17.6. The van der Waals surface area contributed by atoms with Crippen molar-refractivity contribution in [2.45, 2.75) is 25.3 Å². The number of aliphatic hydroxyl groups is 2. The summed E-state index contributed by atoms with van der Waals surface area (Å²) in [5, 5.41) is 22.9. The van der Waals surface area contributed by atoms with Gasteiger partial charge in [0, 0.05) is 42.0 Å². The zero-order chi connectivity index (χ0) is 23.3. The normalized spacial score (nSPS) is 11.1. The Bertz CT molecular complexity index is 975. The third kappa shape index (κ3) is 7.96. The lowest BCUT2D eigenvalue weighted by Crippen LogP contribution is -2.46. The van der Waals surface area contributed by atoms with Gasteiger partial charge in [-0.1, -0.05) is 11.8 Å². The summed E-state index contributed by atoms with van der Waals surface area (Å²) in [6.07, 6.45) is 1.60. The second-order valence-electron chi connectivity index (χ2n) is 7.02. The Balaban J connectivity index is 1.94. The molecule has 0 bridgehead atoms. The Morgan fingerprint density at radius 3 is 2.03 bits per heavy atom. The van der Waals surface area contributed by atoms with E-state index in [4.69, 9.17) is 15.9 Å². The topological polar surface area (TPSA) is 142 Å². The third-order valence-corrected chi connectivity index (χ3v) is 4.56. The van der Waals surface area contributed by atoms with Gasteiger partial charge in [0.15, 0.2) is 5.78 Å². The number of unbranched alkanes of at least 4 members (excludes halogenated alkanes) is 1. The first-order valence-electron chi connectivity index (χ1n) is 10.2. The van der Waals surface area contributed by atoms with Crippen molar-refractivity contribution in [2.75, 3.05) is 25.1 Å². The molecule has 0 saturated carbocycles. The number of benzene rings is 2. The van der Waals surface area contributed by atoms with Gasteiger partial charge in [-0.2, -0.15) is 0 Å². The Labute approximate surface area is 186 Å². The fourth-order valence-electron chi connectivity index (χ4n) is 2.73. The van der Waals surface area contributed by atoms with E-state index in [1.165, 1.54) is 0 Å². The van der Waals surface area contributed by atoms with Gasteiger partial charge in [-0.25, -0.2) is 0 Å². The van der Waals surface area contributed by atoms with E-state index >= 15 is 0 Å². The molecule has 8 nitrogen and oxygen atoms in total. The van der Waals surface area contributed by atoms with Crippen LogP contribution in [0.15, 0.2) is 48.5 Å². The molecule has 0 unspecified atom stereocenters. The molecule has 2 aromatic rings. The Morgan fingerprint density at radius 1 is 0.906 bits per heavy atom. The summed E-state index contributed by atoms with van der Waals surface area (Å²) in [6.45, 7) is -0.702. The molecule has 2 amide bonds. The minimum Gasteiger partial charge on any atom is -0.396 e. The van der Waals surface area contributed by atoms with Crippen molar-refractivity contribution in [1.82, 2.24) is 5.32 Å². The summed E-state index contributed by atoms with van der Waals surface area (Å²) in [5.74, 6) is 4.91. The molecule has 1 atom stereocenters. The number of hydrogen-bond donors (Lipinski definition) is 5. The molecular weight excluding hydrogens is 410 g/mol. The first-order valence-corrected chi connectivity index (χ1v) is 10.2. The SMILES string of the molecule is NC[C@H](NC(=O)c1ccc(C#Cc2ccc(NC(=O)CCCCO)cc2)cc1)C(=O)CO. The molecule has 0 saturated heterocycles. The van der Waals surface area contributed by atoms with Gasteiger partial charge in [0.1, 0.15) is 12.6 Å². The molecule has 0 fully saturated rings. The van der Waals surface area contributed by atoms with E-state index in [9.17, 15) is 14.4 Å². The van der Waals surface area contributed by atoms with Gasteiger partial charge in [-0.15, -0.1) is 0 Å². The molecule has 0 spiro atoms. The minimum atomic E-state index is -0.930. The van der Waals surface area contributed by atoms with Crippen molar-refractivity contribution in [1.29, 1.82) is 0 Å². The van der Waals surface area contributed by atoms with E-state index in [1.54, 1.807) is 48.5 Å². The number of rotatable bonds is 10. The maximum absolute atomic E-state index is 12.2. The predicted molar refractivity (Wildman–Crippen MR) is 121 cm³/mol. The Hall–Kier alpha value is -3.51. The van der Waals surface area contributed by atoms with Gasteiger partial charge in [0.2, 0.25) is 5.91 Å². The number of hydrogen-bond acceptors (Lipinski definition) is 6. The largest absolute Gasteiger partial charge is 0.396 e. The van der Waals surface area contributed by atoms with Crippen LogP contribution in [0.3, 0.4) is 0 Å². The molecule has 0 aliphatic carbocycles. The van der Waals surface area contributed by atoms with Crippen LogP contribution in [0.4, 0.5) is 5.69 Å². The molecule has 6 N–H and O–H groups in total. The summed E-state index contributed by atoms with van der Waals surface area (Å²) >= 11 is 0. The van der Waals surface area contributed by atoms with Gasteiger partial charge in [0.05, 0.1) is 0 Å². The Kier molecular flexibility index (Phi) is 10.1. The number of Topliss-reactive ketones (excluding diaryl/α,β-unsaturated/α-hetero) is 1. The smallest absolute Gasteiger partial charge is 0.251 e. The molecule has 2 aromatic carbocycles. The lowest BCUT2D eigenvalue weighted by molar-refractivity contribution is -0.123. The number of nitrogens with two attached hydrogens (primary N) is 1. The fourth-order valence-corrected chi connectivity index (χ4v) is 2.73. The highest BCUT2D eigenvalue weighted by molar-refractivity contribution is 5.98. The number of anilines is 1. The van der Waals surface area contributed by atoms with E-state index in [-0.39, 0.29) is 19.1 Å².